The van der Waals surface area contributed by atoms with Crippen molar-refractivity contribution in [3.63, 3.8) is 0 Å². The zero-order chi connectivity index (χ0) is 16.4. The lowest BCUT2D eigenvalue weighted by Crippen LogP contribution is -2.49. The molecular formula is C18H24N4O. The van der Waals surface area contributed by atoms with Gasteiger partial charge in [-0.05, 0) is 44.4 Å². The van der Waals surface area contributed by atoms with Crippen LogP contribution in [-0.2, 0) is 13.0 Å². The number of rotatable bonds is 4. The van der Waals surface area contributed by atoms with E-state index in [9.17, 15) is 5.11 Å². The molecule has 2 N–H and O–H groups in total. The molecule has 0 amide bonds. The summed E-state index contributed by atoms with van der Waals surface area (Å²) in [6.07, 6.45) is 2.76. The van der Waals surface area contributed by atoms with Gasteiger partial charge in [0, 0.05) is 24.3 Å². The average molecular weight is 312 g/mol. The monoisotopic (exact) mass is 312 g/mol. The Morgan fingerprint density at radius 2 is 2.00 bits per heavy atom. The molecule has 2 aromatic rings. The Kier molecular flexibility index (Phi) is 4.22. The highest BCUT2D eigenvalue weighted by Crippen LogP contribution is 2.34. The summed E-state index contributed by atoms with van der Waals surface area (Å²) in [5, 5.41) is 12.3. The molecule has 1 atom stereocenters. The van der Waals surface area contributed by atoms with Crippen LogP contribution < -0.4 is 10.2 Å². The minimum Gasteiger partial charge on any atom is -0.394 e. The first-order chi connectivity index (χ1) is 11.0. The zero-order valence-electron chi connectivity index (χ0n) is 14.0. The van der Waals surface area contributed by atoms with Crippen LogP contribution in [0.25, 0.3) is 0 Å². The normalized spacial score (nSPS) is 17.5. The van der Waals surface area contributed by atoms with Crippen LogP contribution >= 0.6 is 0 Å². The van der Waals surface area contributed by atoms with Crippen molar-refractivity contribution < 1.29 is 5.11 Å². The van der Waals surface area contributed by atoms with E-state index in [1.807, 2.05) is 13.0 Å². The number of aliphatic hydroxyl groups excluding tert-OH is 1. The van der Waals surface area contributed by atoms with Gasteiger partial charge in [0.25, 0.3) is 0 Å². The Balaban J connectivity index is 1.90. The lowest BCUT2D eigenvalue weighted by Gasteiger charge is -2.44. The SMILES string of the molecule is C[C@H](CO)Nc1nccc(N2Cc3ccccc3CC2(C)C)n1. The van der Waals surface area contributed by atoms with Gasteiger partial charge in [-0.2, -0.15) is 4.98 Å². The highest BCUT2D eigenvalue weighted by atomic mass is 16.3. The molecule has 0 saturated heterocycles. The van der Waals surface area contributed by atoms with Crippen molar-refractivity contribution in [1.29, 1.82) is 0 Å². The number of aliphatic hydroxyl groups is 1. The van der Waals surface area contributed by atoms with E-state index in [0.29, 0.717) is 5.95 Å². The van der Waals surface area contributed by atoms with Gasteiger partial charge in [-0.25, -0.2) is 4.98 Å². The van der Waals surface area contributed by atoms with E-state index in [1.165, 1.54) is 11.1 Å². The number of anilines is 2. The second-order valence-electron chi connectivity index (χ2n) is 6.81. The van der Waals surface area contributed by atoms with E-state index < -0.39 is 0 Å². The van der Waals surface area contributed by atoms with Gasteiger partial charge in [0.1, 0.15) is 5.82 Å². The molecule has 0 saturated carbocycles. The first-order valence-electron chi connectivity index (χ1n) is 8.04. The van der Waals surface area contributed by atoms with Crippen LogP contribution in [0.15, 0.2) is 36.5 Å². The van der Waals surface area contributed by atoms with Crippen molar-refractivity contribution >= 4 is 11.8 Å². The van der Waals surface area contributed by atoms with Crippen molar-refractivity contribution in [2.75, 3.05) is 16.8 Å². The van der Waals surface area contributed by atoms with Crippen LogP contribution in [-0.4, -0.2) is 33.3 Å². The lowest BCUT2D eigenvalue weighted by molar-refractivity contribution is 0.281. The van der Waals surface area contributed by atoms with Crippen LogP contribution in [0.1, 0.15) is 31.9 Å². The quantitative estimate of drug-likeness (QED) is 0.909. The van der Waals surface area contributed by atoms with Gasteiger partial charge >= 0.3 is 0 Å². The summed E-state index contributed by atoms with van der Waals surface area (Å²) < 4.78 is 0. The molecule has 1 aromatic heterocycles. The van der Waals surface area contributed by atoms with Crippen LogP contribution in [0, 0.1) is 0 Å². The standard InChI is InChI=1S/C18H24N4O/c1-13(12-23)20-17-19-9-8-16(21-17)22-11-15-7-5-4-6-14(15)10-18(22,2)3/h4-9,13,23H,10-12H2,1-3H3,(H,19,20,21)/t13-/m1/s1. The third-order valence-electron chi connectivity index (χ3n) is 4.37. The molecule has 0 unspecified atom stereocenters. The smallest absolute Gasteiger partial charge is 0.224 e. The van der Waals surface area contributed by atoms with Crippen LogP contribution in [0.2, 0.25) is 0 Å². The third kappa shape index (κ3) is 3.29. The summed E-state index contributed by atoms with van der Waals surface area (Å²) in [7, 11) is 0. The topological polar surface area (TPSA) is 61.3 Å². The van der Waals surface area contributed by atoms with Gasteiger partial charge in [-0.1, -0.05) is 24.3 Å². The fraction of sp³-hybridized carbons (Fsp3) is 0.444. The summed E-state index contributed by atoms with van der Waals surface area (Å²) in [5.74, 6) is 1.46. The second kappa shape index (κ2) is 6.16. The molecular weight excluding hydrogens is 288 g/mol. The van der Waals surface area contributed by atoms with Crippen LogP contribution in [0.5, 0.6) is 0 Å². The van der Waals surface area contributed by atoms with Crippen molar-refractivity contribution in [2.45, 2.75) is 45.3 Å². The molecule has 5 heteroatoms. The van der Waals surface area contributed by atoms with Gasteiger partial charge < -0.3 is 15.3 Å². The minimum atomic E-state index is -0.0691. The van der Waals surface area contributed by atoms with Gasteiger partial charge in [0.05, 0.1) is 6.61 Å². The number of aromatic nitrogens is 2. The molecule has 5 nitrogen and oxygen atoms in total. The van der Waals surface area contributed by atoms with E-state index in [1.54, 1.807) is 6.20 Å². The Labute approximate surface area is 137 Å². The summed E-state index contributed by atoms with van der Waals surface area (Å²) in [6, 6.07) is 10.5. The summed E-state index contributed by atoms with van der Waals surface area (Å²) >= 11 is 0. The van der Waals surface area contributed by atoms with Gasteiger partial charge in [0.2, 0.25) is 5.95 Å². The molecule has 1 aliphatic heterocycles. The summed E-state index contributed by atoms with van der Waals surface area (Å²) in [5.41, 5.74) is 2.75. The van der Waals surface area contributed by atoms with Crippen molar-refractivity contribution in [1.82, 2.24) is 9.97 Å². The molecule has 3 rings (SSSR count). The highest BCUT2D eigenvalue weighted by molar-refractivity contribution is 5.49. The Morgan fingerprint density at radius 3 is 2.74 bits per heavy atom. The van der Waals surface area contributed by atoms with Gasteiger partial charge in [-0.15, -0.1) is 0 Å². The molecule has 23 heavy (non-hydrogen) atoms. The number of fused-ring (bicyclic) bond motifs is 1. The lowest BCUT2D eigenvalue weighted by atomic mass is 9.85. The van der Waals surface area contributed by atoms with Crippen LogP contribution in [0.4, 0.5) is 11.8 Å². The number of nitrogens with zero attached hydrogens (tertiary/aromatic N) is 3. The van der Waals surface area contributed by atoms with E-state index in [0.717, 1.165) is 18.8 Å². The van der Waals surface area contributed by atoms with Crippen LogP contribution in [0.3, 0.4) is 0 Å². The van der Waals surface area contributed by atoms with Crippen molar-refractivity contribution in [2.24, 2.45) is 0 Å². The zero-order valence-corrected chi connectivity index (χ0v) is 14.0. The van der Waals surface area contributed by atoms with Gasteiger partial charge in [0.15, 0.2) is 0 Å². The van der Waals surface area contributed by atoms with E-state index >= 15 is 0 Å². The fourth-order valence-electron chi connectivity index (χ4n) is 3.06. The number of hydrogen-bond acceptors (Lipinski definition) is 5. The van der Waals surface area contributed by atoms with E-state index in [-0.39, 0.29) is 18.2 Å². The third-order valence-corrected chi connectivity index (χ3v) is 4.37. The Bertz CT molecular complexity index is 686. The maximum atomic E-state index is 9.18. The van der Waals surface area contributed by atoms with Crippen molar-refractivity contribution in [3.8, 4) is 0 Å². The molecule has 0 radical (unpaired) electrons. The largest absolute Gasteiger partial charge is 0.394 e. The van der Waals surface area contributed by atoms with Gasteiger partial charge in [-0.3, -0.25) is 0 Å². The summed E-state index contributed by atoms with van der Waals surface area (Å²) in [4.78, 5) is 11.2. The molecule has 2 heterocycles. The first kappa shape index (κ1) is 15.7. The fourth-order valence-corrected chi connectivity index (χ4v) is 3.06. The van der Waals surface area contributed by atoms with E-state index in [4.69, 9.17) is 0 Å². The molecule has 0 spiro atoms. The number of hydrogen-bond donors (Lipinski definition) is 2. The number of nitrogens with one attached hydrogen (secondary N) is 1. The molecule has 122 valence electrons. The van der Waals surface area contributed by atoms with Crippen molar-refractivity contribution in [3.05, 3.63) is 47.7 Å². The Morgan fingerprint density at radius 1 is 1.26 bits per heavy atom. The maximum absolute atomic E-state index is 9.18. The predicted molar refractivity (Wildman–Crippen MR) is 92.6 cm³/mol. The Hall–Kier alpha value is -2.14. The summed E-state index contributed by atoms with van der Waals surface area (Å²) in [6.45, 7) is 7.28. The average Bonchev–Trinajstić information content (AvgIpc) is 2.53. The molecule has 0 bridgehead atoms. The highest BCUT2D eigenvalue weighted by Gasteiger charge is 2.33. The van der Waals surface area contributed by atoms with E-state index in [2.05, 4.69) is 58.3 Å². The second-order valence-corrected chi connectivity index (χ2v) is 6.81. The maximum Gasteiger partial charge on any atom is 0.224 e. The molecule has 0 fully saturated rings. The molecule has 0 aliphatic carbocycles. The number of benzene rings is 1. The first-order valence-corrected chi connectivity index (χ1v) is 8.04. The molecule has 1 aromatic carbocycles. The predicted octanol–water partition coefficient (Wildman–Crippen LogP) is 2.61. The minimum absolute atomic E-state index is 0.0113. The molecule has 1 aliphatic rings.